The number of hydrogen-bond donors (Lipinski definition) is 0. The molecule has 2 aromatic heterocycles. The predicted molar refractivity (Wildman–Crippen MR) is 68.9 cm³/mol. The summed E-state index contributed by atoms with van der Waals surface area (Å²) >= 11 is 1.72. The number of fused-ring (bicyclic) bond motifs is 1. The summed E-state index contributed by atoms with van der Waals surface area (Å²) in [5, 5.41) is 3.50. The highest BCUT2D eigenvalue weighted by Gasteiger charge is 2.04. The van der Waals surface area contributed by atoms with Crippen LogP contribution in [-0.4, -0.2) is 4.98 Å². The third kappa shape index (κ3) is 1.72. The molecule has 1 nitrogen and oxygen atoms in total. The van der Waals surface area contributed by atoms with Crippen LogP contribution in [0, 0.1) is 0 Å². The topological polar surface area (TPSA) is 12.9 Å². The maximum Gasteiger partial charge on any atom is 0.123 e. The highest BCUT2D eigenvalue weighted by atomic mass is 32.1. The summed E-state index contributed by atoms with van der Waals surface area (Å²) < 4.78 is 0. The zero-order chi connectivity index (χ0) is 10.8. The van der Waals surface area contributed by atoms with Gasteiger partial charge in [-0.1, -0.05) is 36.4 Å². The molecule has 3 aromatic rings. The van der Waals surface area contributed by atoms with Crippen molar-refractivity contribution in [3.63, 3.8) is 0 Å². The van der Waals surface area contributed by atoms with Crippen molar-refractivity contribution >= 4 is 21.6 Å². The summed E-state index contributed by atoms with van der Waals surface area (Å²) in [5.74, 6) is 0. The summed E-state index contributed by atoms with van der Waals surface area (Å²) in [7, 11) is 0. The Morgan fingerprint density at radius 2 is 1.88 bits per heavy atom. The van der Waals surface area contributed by atoms with Gasteiger partial charge in [-0.2, -0.15) is 0 Å². The third-order valence-corrected chi connectivity index (χ3v) is 3.62. The summed E-state index contributed by atoms with van der Waals surface area (Å²) in [4.78, 5) is 5.49. The molecule has 0 aliphatic carbocycles. The SMILES string of the molecule is c1ccc(Cc2csc3ncccc23)cc1. The van der Waals surface area contributed by atoms with Crippen molar-refractivity contribution in [2.24, 2.45) is 0 Å². The molecule has 0 N–H and O–H groups in total. The average Bonchev–Trinajstić information content (AvgIpc) is 2.74. The molecule has 0 amide bonds. The van der Waals surface area contributed by atoms with Crippen molar-refractivity contribution in [1.29, 1.82) is 0 Å². The van der Waals surface area contributed by atoms with Crippen molar-refractivity contribution in [1.82, 2.24) is 4.98 Å². The van der Waals surface area contributed by atoms with E-state index in [0.29, 0.717) is 0 Å². The Kier molecular flexibility index (Phi) is 2.43. The average molecular weight is 225 g/mol. The Morgan fingerprint density at radius 3 is 2.75 bits per heavy atom. The second-order valence-corrected chi connectivity index (χ2v) is 4.64. The molecule has 0 atom stereocenters. The highest BCUT2D eigenvalue weighted by Crippen LogP contribution is 2.25. The molecule has 0 fully saturated rings. The van der Waals surface area contributed by atoms with E-state index in [1.807, 2.05) is 12.3 Å². The Morgan fingerprint density at radius 1 is 1.00 bits per heavy atom. The van der Waals surface area contributed by atoms with Gasteiger partial charge in [0.2, 0.25) is 0 Å². The quantitative estimate of drug-likeness (QED) is 0.645. The van der Waals surface area contributed by atoms with Crippen LogP contribution >= 0.6 is 11.3 Å². The second kappa shape index (κ2) is 4.06. The molecule has 0 saturated carbocycles. The second-order valence-electron chi connectivity index (χ2n) is 3.78. The fraction of sp³-hybridized carbons (Fsp3) is 0.0714. The molecule has 0 radical (unpaired) electrons. The Balaban J connectivity index is 2.01. The smallest absolute Gasteiger partial charge is 0.123 e. The summed E-state index contributed by atoms with van der Waals surface area (Å²) in [6.45, 7) is 0. The zero-order valence-electron chi connectivity index (χ0n) is 8.76. The molecule has 1 aromatic carbocycles. The minimum atomic E-state index is 0.993. The monoisotopic (exact) mass is 225 g/mol. The van der Waals surface area contributed by atoms with Crippen LogP contribution in [0.4, 0.5) is 0 Å². The normalized spacial score (nSPS) is 10.8. The molecule has 2 heteroatoms. The van der Waals surface area contributed by atoms with Crippen LogP contribution in [0.15, 0.2) is 54.0 Å². The molecule has 0 spiro atoms. The molecule has 3 rings (SSSR count). The van der Waals surface area contributed by atoms with E-state index in [4.69, 9.17) is 0 Å². The molecule has 0 bridgehead atoms. The number of thiophene rings is 1. The van der Waals surface area contributed by atoms with Crippen LogP contribution in [0.5, 0.6) is 0 Å². The standard InChI is InChI=1S/C14H11NS/c1-2-5-11(6-3-1)9-12-10-16-14-13(12)7-4-8-15-14/h1-8,10H,9H2. The minimum absolute atomic E-state index is 0.993. The first-order chi connectivity index (χ1) is 7.93. The molecule has 0 aliphatic rings. The number of rotatable bonds is 2. The van der Waals surface area contributed by atoms with Crippen molar-refractivity contribution < 1.29 is 0 Å². The van der Waals surface area contributed by atoms with Gasteiger partial charge in [0.1, 0.15) is 4.83 Å². The van der Waals surface area contributed by atoms with Gasteiger partial charge in [-0.15, -0.1) is 11.3 Å². The van der Waals surface area contributed by atoms with Gasteiger partial charge in [0.25, 0.3) is 0 Å². The Bertz CT molecular complexity index is 598. The van der Waals surface area contributed by atoms with Crippen LogP contribution < -0.4 is 0 Å². The Labute approximate surface area is 98.4 Å². The van der Waals surface area contributed by atoms with E-state index in [0.717, 1.165) is 11.3 Å². The number of benzene rings is 1. The molecule has 78 valence electrons. The first kappa shape index (κ1) is 9.55. The van der Waals surface area contributed by atoms with Crippen LogP contribution in [-0.2, 0) is 6.42 Å². The number of nitrogens with zero attached hydrogens (tertiary/aromatic N) is 1. The van der Waals surface area contributed by atoms with Crippen molar-refractivity contribution in [2.75, 3.05) is 0 Å². The number of hydrogen-bond acceptors (Lipinski definition) is 2. The van der Waals surface area contributed by atoms with Gasteiger partial charge >= 0.3 is 0 Å². The number of aromatic nitrogens is 1. The maximum atomic E-state index is 4.36. The first-order valence-corrected chi connectivity index (χ1v) is 6.16. The van der Waals surface area contributed by atoms with E-state index in [9.17, 15) is 0 Å². The van der Waals surface area contributed by atoms with Crippen LogP contribution in [0.2, 0.25) is 0 Å². The lowest BCUT2D eigenvalue weighted by Gasteiger charge is -1.99. The molecular formula is C14H11NS. The van der Waals surface area contributed by atoms with E-state index >= 15 is 0 Å². The van der Waals surface area contributed by atoms with Crippen molar-refractivity contribution in [3.05, 3.63) is 65.2 Å². The van der Waals surface area contributed by atoms with E-state index < -0.39 is 0 Å². The van der Waals surface area contributed by atoms with E-state index in [2.05, 4.69) is 46.8 Å². The van der Waals surface area contributed by atoms with Crippen LogP contribution in [0.25, 0.3) is 10.2 Å². The molecule has 0 saturated heterocycles. The van der Waals surface area contributed by atoms with Gasteiger partial charge in [-0.25, -0.2) is 4.98 Å². The lowest BCUT2D eigenvalue weighted by molar-refractivity contribution is 1.22. The van der Waals surface area contributed by atoms with Gasteiger partial charge in [0.15, 0.2) is 0 Å². The summed E-state index contributed by atoms with van der Waals surface area (Å²) in [6.07, 6.45) is 2.84. The van der Waals surface area contributed by atoms with E-state index in [-0.39, 0.29) is 0 Å². The summed E-state index contributed by atoms with van der Waals surface area (Å²) in [6, 6.07) is 14.7. The fourth-order valence-corrected chi connectivity index (χ4v) is 2.78. The minimum Gasteiger partial charge on any atom is -0.245 e. The molecule has 0 aliphatic heterocycles. The van der Waals surface area contributed by atoms with Gasteiger partial charge in [0, 0.05) is 11.6 Å². The van der Waals surface area contributed by atoms with E-state index in [1.165, 1.54) is 16.5 Å². The van der Waals surface area contributed by atoms with Gasteiger partial charge in [-0.3, -0.25) is 0 Å². The third-order valence-electron chi connectivity index (χ3n) is 2.67. The maximum absolute atomic E-state index is 4.36. The van der Waals surface area contributed by atoms with Crippen LogP contribution in [0.3, 0.4) is 0 Å². The van der Waals surface area contributed by atoms with Crippen molar-refractivity contribution in [2.45, 2.75) is 6.42 Å². The van der Waals surface area contributed by atoms with Gasteiger partial charge < -0.3 is 0 Å². The molecule has 2 heterocycles. The summed E-state index contributed by atoms with van der Waals surface area (Å²) in [5.41, 5.74) is 2.73. The van der Waals surface area contributed by atoms with E-state index in [1.54, 1.807) is 11.3 Å². The largest absolute Gasteiger partial charge is 0.245 e. The predicted octanol–water partition coefficient (Wildman–Crippen LogP) is 3.89. The lowest BCUT2D eigenvalue weighted by atomic mass is 10.1. The molecule has 16 heavy (non-hydrogen) atoms. The lowest BCUT2D eigenvalue weighted by Crippen LogP contribution is -1.85. The fourth-order valence-electron chi connectivity index (χ4n) is 1.87. The van der Waals surface area contributed by atoms with Gasteiger partial charge in [-0.05, 0) is 29.0 Å². The zero-order valence-corrected chi connectivity index (χ0v) is 9.58. The highest BCUT2D eigenvalue weighted by molar-refractivity contribution is 7.16. The molecular weight excluding hydrogens is 214 g/mol. The van der Waals surface area contributed by atoms with Gasteiger partial charge in [0.05, 0.1) is 0 Å². The first-order valence-electron chi connectivity index (χ1n) is 5.28. The van der Waals surface area contributed by atoms with Crippen molar-refractivity contribution in [3.8, 4) is 0 Å². The molecule has 0 unspecified atom stereocenters. The Hall–Kier alpha value is -1.67. The number of pyridine rings is 1. The van der Waals surface area contributed by atoms with Crippen LogP contribution in [0.1, 0.15) is 11.1 Å².